The SMILES string of the molecule is COc1ccc(-n2cnc3c(sc4nc(C)cc(N(C)C)c43)c2=O)cc1F. The van der Waals surface area contributed by atoms with E-state index in [4.69, 9.17) is 4.74 Å². The number of benzene rings is 1. The zero-order valence-corrected chi connectivity index (χ0v) is 16.1. The fraction of sp³-hybridized carbons (Fsp3) is 0.211. The van der Waals surface area contributed by atoms with E-state index in [2.05, 4.69) is 9.97 Å². The summed E-state index contributed by atoms with van der Waals surface area (Å²) in [6.45, 7) is 1.92. The van der Waals surface area contributed by atoms with Crippen LogP contribution in [-0.4, -0.2) is 35.7 Å². The largest absolute Gasteiger partial charge is 0.494 e. The molecule has 3 heterocycles. The lowest BCUT2D eigenvalue weighted by molar-refractivity contribution is 0.386. The van der Waals surface area contributed by atoms with Gasteiger partial charge in [-0.05, 0) is 25.1 Å². The lowest BCUT2D eigenvalue weighted by atomic mass is 10.2. The maximum Gasteiger partial charge on any atom is 0.275 e. The van der Waals surface area contributed by atoms with Crippen molar-refractivity contribution in [2.24, 2.45) is 0 Å². The number of thiophene rings is 1. The summed E-state index contributed by atoms with van der Waals surface area (Å²) in [6, 6.07) is 6.34. The maximum atomic E-state index is 14.1. The summed E-state index contributed by atoms with van der Waals surface area (Å²) in [4.78, 5) is 24.9. The summed E-state index contributed by atoms with van der Waals surface area (Å²) in [5.41, 5.74) is 2.58. The maximum absolute atomic E-state index is 14.1. The number of ether oxygens (including phenoxy) is 1. The highest BCUT2D eigenvalue weighted by Gasteiger charge is 2.18. The molecule has 4 aromatic rings. The van der Waals surface area contributed by atoms with Crippen molar-refractivity contribution in [1.82, 2.24) is 14.5 Å². The molecule has 138 valence electrons. The number of aromatic nitrogens is 3. The molecule has 6 nitrogen and oxygen atoms in total. The van der Waals surface area contributed by atoms with Gasteiger partial charge in [0.1, 0.15) is 21.4 Å². The monoisotopic (exact) mass is 384 g/mol. The molecule has 0 unspecified atom stereocenters. The molecule has 1 aromatic carbocycles. The molecule has 0 atom stereocenters. The van der Waals surface area contributed by atoms with Crippen LogP contribution in [0.5, 0.6) is 5.75 Å². The van der Waals surface area contributed by atoms with Crippen LogP contribution >= 0.6 is 11.3 Å². The predicted octanol–water partition coefficient (Wildman–Crippen LogP) is 3.52. The van der Waals surface area contributed by atoms with Crippen molar-refractivity contribution >= 4 is 37.5 Å². The van der Waals surface area contributed by atoms with Crippen LogP contribution in [-0.2, 0) is 0 Å². The Hall–Kier alpha value is -3.00. The highest BCUT2D eigenvalue weighted by molar-refractivity contribution is 7.25. The summed E-state index contributed by atoms with van der Waals surface area (Å²) < 4.78 is 20.8. The molecule has 3 aromatic heterocycles. The fourth-order valence-corrected chi connectivity index (χ4v) is 4.19. The van der Waals surface area contributed by atoms with Gasteiger partial charge in [-0.1, -0.05) is 0 Å². The number of aryl methyl sites for hydroxylation is 1. The van der Waals surface area contributed by atoms with Gasteiger partial charge < -0.3 is 9.64 Å². The van der Waals surface area contributed by atoms with E-state index in [1.807, 2.05) is 32.0 Å². The third-order valence-electron chi connectivity index (χ3n) is 4.35. The molecule has 0 aliphatic rings. The Labute approximate surface area is 158 Å². The molecule has 0 aliphatic heterocycles. The average Bonchev–Trinajstić information content (AvgIpc) is 3.00. The van der Waals surface area contributed by atoms with Gasteiger partial charge in [0.25, 0.3) is 5.56 Å². The van der Waals surface area contributed by atoms with Crippen LogP contribution in [0.2, 0.25) is 0 Å². The number of hydrogen-bond donors (Lipinski definition) is 0. The molecule has 0 spiro atoms. The quantitative estimate of drug-likeness (QED) is 0.541. The van der Waals surface area contributed by atoms with Crippen molar-refractivity contribution in [3.8, 4) is 11.4 Å². The van der Waals surface area contributed by atoms with Crippen LogP contribution in [0.15, 0.2) is 35.4 Å². The Morgan fingerprint density at radius 1 is 1.26 bits per heavy atom. The Kier molecular flexibility index (Phi) is 4.07. The minimum atomic E-state index is -0.537. The van der Waals surface area contributed by atoms with Crippen molar-refractivity contribution in [2.45, 2.75) is 6.92 Å². The summed E-state index contributed by atoms with van der Waals surface area (Å²) in [7, 11) is 5.28. The van der Waals surface area contributed by atoms with Gasteiger partial charge in [-0.3, -0.25) is 9.36 Å². The first-order valence-electron chi connectivity index (χ1n) is 8.23. The Bertz CT molecular complexity index is 1250. The van der Waals surface area contributed by atoms with Crippen LogP contribution in [0.3, 0.4) is 0 Å². The lowest BCUT2D eigenvalue weighted by Gasteiger charge is -2.14. The molecule has 4 rings (SSSR count). The van der Waals surface area contributed by atoms with E-state index >= 15 is 0 Å². The van der Waals surface area contributed by atoms with Crippen LogP contribution < -0.4 is 15.2 Å². The van der Waals surface area contributed by atoms with E-state index in [9.17, 15) is 9.18 Å². The number of hydrogen-bond acceptors (Lipinski definition) is 6. The number of halogens is 1. The molecule has 0 radical (unpaired) electrons. The van der Waals surface area contributed by atoms with Gasteiger partial charge in [-0.25, -0.2) is 14.4 Å². The van der Waals surface area contributed by atoms with Crippen LogP contribution in [0.1, 0.15) is 5.69 Å². The highest BCUT2D eigenvalue weighted by atomic mass is 32.1. The molecule has 0 saturated heterocycles. The number of pyridine rings is 1. The second-order valence-corrected chi connectivity index (χ2v) is 7.37. The minimum absolute atomic E-state index is 0.123. The molecule has 0 amide bonds. The summed E-state index contributed by atoms with van der Waals surface area (Å²) >= 11 is 1.30. The predicted molar refractivity (Wildman–Crippen MR) is 106 cm³/mol. The lowest BCUT2D eigenvalue weighted by Crippen LogP contribution is -2.18. The van der Waals surface area contributed by atoms with Crippen molar-refractivity contribution in [2.75, 3.05) is 26.1 Å². The summed E-state index contributed by atoms with van der Waals surface area (Å²) in [6.07, 6.45) is 1.43. The summed E-state index contributed by atoms with van der Waals surface area (Å²) in [5.74, 6) is -0.413. The first-order valence-corrected chi connectivity index (χ1v) is 9.05. The number of anilines is 1. The van der Waals surface area contributed by atoms with Gasteiger partial charge in [-0.15, -0.1) is 11.3 Å². The molecule has 8 heteroatoms. The van der Waals surface area contributed by atoms with E-state index in [-0.39, 0.29) is 11.3 Å². The van der Waals surface area contributed by atoms with Gasteiger partial charge >= 0.3 is 0 Å². The summed E-state index contributed by atoms with van der Waals surface area (Å²) in [5, 5.41) is 0.857. The molecule has 0 bridgehead atoms. The highest BCUT2D eigenvalue weighted by Crippen LogP contribution is 2.36. The zero-order chi connectivity index (χ0) is 19.3. The number of methoxy groups -OCH3 is 1. The minimum Gasteiger partial charge on any atom is -0.494 e. The van der Waals surface area contributed by atoms with Gasteiger partial charge in [0.2, 0.25) is 0 Å². The molecule has 0 N–H and O–H groups in total. The molecular formula is C19H17FN4O2S. The molecule has 0 fully saturated rings. The average molecular weight is 384 g/mol. The normalized spacial score (nSPS) is 11.3. The Balaban J connectivity index is 2.01. The number of nitrogens with zero attached hydrogens (tertiary/aromatic N) is 4. The molecule has 27 heavy (non-hydrogen) atoms. The number of fused-ring (bicyclic) bond motifs is 3. The van der Waals surface area contributed by atoms with E-state index in [1.54, 1.807) is 6.07 Å². The fourth-order valence-electron chi connectivity index (χ4n) is 3.07. The first-order chi connectivity index (χ1) is 12.9. The van der Waals surface area contributed by atoms with Crippen molar-refractivity contribution in [3.05, 3.63) is 52.5 Å². The van der Waals surface area contributed by atoms with E-state index in [1.165, 1.54) is 41.5 Å². The molecule has 0 aliphatic carbocycles. The van der Waals surface area contributed by atoms with Crippen molar-refractivity contribution in [1.29, 1.82) is 0 Å². The number of rotatable bonds is 3. The van der Waals surface area contributed by atoms with E-state index in [0.717, 1.165) is 21.6 Å². The second-order valence-electron chi connectivity index (χ2n) is 6.38. The first kappa shape index (κ1) is 17.4. The van der Waals surface area contributed by atoms with Crippen LogP contribution in [0.25, 0.3) is 26.1 Å². The van der Waals surface area contributed by atoms with E-state index in [0.29, 0.717) is 15.9 Å². The topological polar surface area (TPSA) is 60.2 Å². The van der Waals surface area contributed by atoms with E-state index < -0.39 is 5.82 Å². The van der Waals surface area contributed by atoms with Gasteiger partial charge in [-0.2, -0.15) is 0 Å². The third-order valence-corrected chi connectivity index (χ3v) is 5.42. The zero-order valence-electron chi connectivity index (χ0n) is 15.3. The van der Waals surface area contributed by atoms with Crippen molar-refractivity contribution in [3.63, 3.8) is 0 Å². The Morgan fingerprint density at radius 3 is 2.70 bits per heavy atom. The smallest absolute Gasteiger partial charge is 0.275 e. The Morgan fingerprint density at radius 2 is 2.04 bits per heavy atom. The van der Waals surface area contributed by atoms with Crippen LogP contribution in [0, 0.1) is 12.7 Å². The standard InChI is InChI=1S/C19H17FN4O2S/c1-10-7-13(23(2)3)15-16-17(27-18(15)22-10)19(25)24(9-21-16)11-5-6-14(26-4)12(20)8-11/h5-9H,1-4H3. The van der Waals surface area contributed by atoms with Crippen LogP contribution in [0.4, 0.5) is 10.1 Å². The second kappa shape index (κ2) is 6.31. The van der Waals surface area contributed by atoms with Crippen molar-refractivity contribution < 1.29 is 9.13 Å². The van der Waals surface area contributed by atoms with Gasteiger partial charge in [0.15, 0.2) is 11.6 Å². The van der Waals surface area contributed by atoms with Gasteiger partial charge in [0.05, 0.1) is 23.9 Å². The molecular weight excluding hydrogens is 367 g/mol. The third kappa shape index (κ3) is 2.73. The molecule has 0 saturated carbocycles. The van der Waals surface area contributed by atoms with Gasteiger partial charge in [0, 0.05) is 25.9 Å².